The monoisotopic (exact) mass is 225 g/mol. The highest BCUT2D eigenvalue weighted by atomic mass is 79.9. The van der Waals surface area contributed by atoms with Crippen LogP contribution in [0.3, 0.4) is 0 Å². The Labute approximate surface area is 78.0 Å². The average molecular weight is 226 g/mol. The van der Waals surface area contributed by atoms with E-state index in [1.54, 1.807) is 11.3 Å². The molecule has 0 atom stereocenters. The fourth-order valence-corrected chi connectivity index (χ4v) is 2.47. The molecule has 2 aromatic rings. The summed E-state index contributed by atoms with van der Waals surface area (Å²) in [6.45, 7) is 3.89. The molecule has 0 bridgehead atoms. The van der Waals surface area contributed by atoms with Crippen LogP contribution in [0.5, 0.6) is 0 Å². The first-order valence-corrected chi connectivity index (χ1v) is 4.88. The Kier molecular flexibility index (Phi) is 1.74. The Balaban J connectivity index is 2.82. The van der Waals surface area contributed by atoms with Crippen molar-refractivity contribution in [2.45, 2.75) is 0 Å². The Hall–Kier alpha value is -0.340. The minimum absolute atomic E-state index is 1.12. The van der Waals surface area contributed by atoms with E-state index in [1.165, 1.54) is 10.1 Å². The predicted octanol–water partition coefficient (Wildman–Crippen LogP) is 3.85. The van der Waals surface area contributed by atoms with Gasteiger partial charge in [-0.1, -0.05) is 22.0 Å². The molecule has 2 heteroatoms. The summed E-state index contributed by atoms with van der Waals surface area (Å²) in [6.07, 6.45) is 0. The zero-order valence-corrected chi connectivity index (χ0v) is 8.21. The Morgan fingerprint density at radius 2 is 2.09 bits per heavy atom. The van der Waals surface area contributed by atoms with Crippen molar-refractivity contribution in [1.29, 1.82) is 0 Å². The van der Waals surface area contributed by atoms with Crippen molar-refractivity contribution in [3.8, 4) is 0 Å². The van der Waals surface area contributed by atoms with Crippen LogP contribution in [0.25, 0.3) is 10.1 Å². The summed E-state index contributed by atoms with van der Waals surface area (Å²) >= 11 is 5.15. The van der Waals surface area contributed by atoms with Gasteiger partial charge in [-0.15, -0.1) is 11.3 Å². The molecule has 0 saturated heterocycles. The lowest BCUT2D eigenvalue weighted by Crippen LogP contribution is -1.61. The fraction of sp³-hybridized carbons (Fsp3) is 0. The van der Waals surface area contributed by atoms with Gasteiger partial charge in [-0.2, -0.15) is 0 Å². The van der Waals surface area contributed by atoms with Gasteiger partial charge in [0.15, 0.2) is 0 Å². The molecule has 0 spiro atoms. The summed E-state index contributed by atoms with van der Waals surface area (Å²) in [5.41, 5.74) is 0. The molecule has 0 fully saturated rings. The van der Waals surface area contributed by atoms with Gasteiger partial charge in [0.1, 0.15) is 0 Å². The van der Waals surface area contributed by atoms with E-state index in [0.29, 0.717) is 0 Å². The summed E-state index contributed by atoms with van der Waals surface area (Å²) in [7, 11) is 0. The van der Waals surface area contributed by atoms with Crippen LogP contribution in [0, 0.1) is 6.92 Å². The third-order valence-electron chi connectivity index (χ3n) is 1.53. The number of rotatable bonds is 0. The van der Waals surface area contributed by atoms with Gasteiger partial charge in [-0.05, 0) is 30.5 Å². The number of hydrogen-bond acceptors (Lipinski definition) is 1. The molecule has 0 amide bonds. The SMILES string of the molecule is [CH2]c1cc2ccc(Br)cc2s1. The van der Waals surface area contributed by atoms with Crippen LogP contribution in [-0.2, 0) is 0 Å². The largest absolute Gasteiger partial charge is 0.140 e. The third kappa shape index (κ3) is 1.33. The highest BCUT2D eigenvalue weighted by Crippen LogP contribution is 2.27. The van der Waals surface area contributed by atoms with Crippen LogP contribution >= 0.6 is 27.3 Å². The maximum absolute atomic E-state index is 3.89. The fourth-order valence-electron chi connectivity index (χ4n) is 1.06. The Bertz CT molecular complexity index is 389. The van der Waals surface area contributed by atoms with Crippen LogP contribution in [0.2, 0.25) is 0 Å². The molecule has 0 unspecified atom stereocenters. The Morgan fingerprint density at radius 3 is 2.91 bits per heavy atom. The van der Waals surface area contributed by atoms with Crippen LogP contribution in [-0.4, -0.2) is 0 Å². The van der Waals surface area contributed by atoms with Gasteiger partial charge in [-0.3, -0.25) is 0 Å². The van der Waals surface area contributed by atoms with Gasteiger partial charge in [0.2, 0.25) is 0 Å². The van der Waals surface area contributed by atoms with Gasteiger partial charge >= 0.3 is 0 Å². The van der Waals surface area contributed by atoms with Gasteiger partial charge in [0.05, 0.1) is 0 Å². The minimum atomic E-state index is 1.12. The molecular formula is C9H6BrS. The van der Waals surface area contributed by atoms with E-state index in [1.807, 2.05) is 0 Å². The lowest BCUT2D eigenvalue weighted by Gasteiger charge is -1.88. The highest BCUT2D eigenvalue weighted by molar-refractivity contribution is 9.10. The van der Waals surface area contributed by atoms with Crippen molar-refractivity contribution >= 4 is 37.4 Å². The lowest BCUT2D eigenvalue weighted by atomic mass is 10.2. The molecule has 0 aliphatic rings. The average Bonchev–Trinajstić information content (AvgIpc) is 2.27. The smallest absolute Gasteiger partial charge is 0.0356 e. The summed E-state index contributed by atoms with van der Waals surface area (Å²) in [4.78, 5) is 1.12. The molecule has 0 aliphatic heterocycles. The van der Waals surface area contributed by atoms with E-state index in [9.17, 15) is 0 Å². The summed E-state index contributed by atoms with van der Waals surface area (Å²) < 4.78 is 2.43. The third-order valence-corrected chi connectivity index (χ3v) is 2.98. The van der Waals surface area contributed by atoms with Gasteiger partial charge in [-0.25, -0.2) is 0 Å². The Morgan fingerprint density at radius 1 is 1.27 bits per heavy atom. The van der Waals surface area contributed by atoms with E-state index >= 15 is 0 Å². The molecule has 1 radical (unpaired) electrons. The molecule has 0 saturated carbocycles. The van der Waals surface area contributed by atoms with Crippen molar-refractivity contribution < 1.29 is 0 Å². The molecule has 1 heterocycles. The van der Waals surface area contributed by atoms with Crippen molar-refractivity contribution in [3.63, 3.8) is 0 Å². The van der Waals surface area contributed by atoms with Gasteiger partial charge in [0.25, 0.3) is 0 Å². The zero-order chi connectivity index (χ0) is 7.84. The first-order valence-electron chi connectivity index (χ1n) is 3.27. The molecule has 1 aromatic heterocycles. The number of hydrogen-bond donors (Lipinski definition) is 0. The minimum Gasteiger partial charge on any atom is -0.140 e. The topological polar surface area (TPSA) is 0 Å². The molecule has 11 heavy (non-hydrogen) atoms. The molecule has 0 nitrogen and oxygen atoms in total. The van der Waals surface area contributed by atoms with E-state index in [0.717, 1.165) is 9.35 Å². The summed E-state index contributed by atoms with van der Waals surface area (Å²) in [6, 6.07) is 8.38. The number of thiophene rings is 1. The van der Waals surface area contributed by atoms with Crippen molar-refractivity contribution in [2.24, 2.45) is 0 Å². The zero-order valence-electron chi connectivity index (χ0n) is 5.80. The van der Waals surface area contributed by atoms with Crippen molar-refractivity contribution in [2.75, 3.05) is 0 Å². The maximum Gasteiger partial charge on any atom is 0.0356 e. The highest BCUT2D eigenvalue weighted by Gasteiger charge is 1.97. The van der Waals surface area contributed by atoms with Gasteiger partial charge < -0.3 is 0 Å². The van der Waals surface area contributed by atoms with Crippen LogP contribution in [0.1, 0.15) is 4.88 Å². The number of fused-ring (bicyclic) bond motifs is 1. The molecule has 2 rings (SSSR count). The molecule has 0 aliphatic carbocycles. The van der Waals surface area contributed by atoms with E-state index in [2.05, 4.69) is 47.1 Å². The standard InChI is InChI=1S/C9H6BrS/c1-6-4-7-2-3-8(10)5-9(7)11-6/h2-5H,1H2. The maximum atomic E-state index is 3.89. The first-order chi connectivity index (χ1) is 5.25. The second-order valence-corrected chi connectivity index (χ2v) is 4.48. The van der Waals surface area contributed by atoms with E-state index in [4.69, 9.17) is 0 Å². The van der Waals surface area contributed by atoms with Crippen LogP contribution in [0.15, 0.2) is 28.7 Å². The summed E-state index contributed by atoms with van der Waals surface area (Å²) in [5.74, 6) is 0. The number of benzene rings is 1. The first kappa shape index (κ1) is 7.32. The van der Waals surface area contributed by atoms with E-state index < -0.39 is 0 Å². The number of halogens is 1. The van der Waals surface area contributed by atoms with Crippen molar-refractivity contribution in [3.05, 3.63) is 40.5 Å². The second kappa shape index (κ2) is 2.61. The lowest BCUT2D eigenvalue weighted by molar-refractivity contribution is 1.76. The molecular weight excluding hydrogens is 220 g/mol. The van der Waals surface area contributed by atoms with Crippen LogP contribution in [0.4, 0.5) is 0 Å². The predicted molar refractivity (Wildman–Crippen MR) is 54.0 cm³/mol. The molecule has 0 N–H and O–H groups in total. The quantitative estimate of drug-likeness (QED) is 0.640. The normalized spacial score (nSPS) is 10.7. The second-order valence-electron chi connectivity index (χ2n) is 2.39. The molecule has 55 valence electrons. The van der Waals surface area contributed by atoms with E-state index in [-0.39, 0.29) is 0 Å². The summed E-state index contributed by atoms with van der Waals surface area (Å²) in [5, 5.41) is 1.28. The van der Waals surface area contributed by atoms with Gasteiger partial charge in [0, 0.05) is 14.0 Å². The van der Waals surface area contributed by atoms with Crippen molar-refractivity contribution in [1.82, 2.24) is 0 Å². The molecule has 1 aromatic carbocycles. The van der Waals surface area contributed by atoms with Crippen LogP contribution < -0.4 is 0 Å².